The molecular weight excluding hydrogens is 414 g/mol. The van der Waals surface area contributed by atoms with Crippen LogP contribution in [0.1, 0.15) is 10.4 Å². The first-order valence-electron chi connectivity index (χ1n) is 9.60. The largest absolute Gasteiger partial charge is 0.336 e. The number of aromatic nitrogens is 4. The zero-order valence-electron chi connectivity index (χ0n) is 16.3. The second-order valence-corrected chi connectivity index (χ2v) is 8.60. The summed E-state index contributed by atoms with van der Waals surface area (Å²) in [5.41, 5.74) is 2.10. The van der Waals surface area contributed by atoms with Gasteiger partial charge in [0.1, 0.15) is 0 Å². The SMILES string of the molecule is O=C(CSc1nnnn1-c1ccccc1)N(CCc1ccccc1)Cc1cccs1. The Morgan fingerprint density at radius 3 is 2.50 bits per heavy atom. The van der Waals surface area contributed by atoms with Crippen LogP contribution >= 0.6 is 23.1 Å². The highest BCUT2D eigenvalue weighted by Gasteiger charge is 2.17. The van der Waals surface area contributed by atoms with Gasteiger partial charge in [-0.05, 0) is 46.0 Å². The zero-order chi connectivity index (χ0) is 20.6. The number of para-hydroxylation sites is 1. The number of nitrogens with zero attached hydrogens (tertiary/aromatic N) is 5. The monoisotopic (exact) mass is 435 g/mol. The third-order valence-electron chi connectivity index (χ3n) is 4.56. The van der Waals surface area contributed by atoms with E-state index in [2.05, 4.69) is 33.7 Å². The molecule has 0 aliphatic carbocycles. The Hall–Kier alpha value is -2.97. The summed E-state index contributed by atoms with van der Waals surface area (Å²) in [6, 6.07) is 24.0. The lowest BCUT2D eigenvalue weighted by Crippen LogP contribution is -2.33. The number of benzene rings is 2. The molecule has 8 heteroatoms. The molecule has 0 radical (unpaired) electrons. The van der Waals surface area contributed by atoms with E-state index in [9.17, 15) is 4.79 Å². The maximum atomic E-state index is 13.1. The number of thiophene rings is 1. The van der Waals surface area contributed by atoms with Crippen molar-refractivity contribution in [2.45, 2.75) is 18.1 Å². The van der Waals surface area contributed by atoms with Crippen LogP contribution in [0, 0.1) is 0 Å². The summed E-state index contributed by atoms with van der Waals surface area (Å²) in [6.45, 7) is 1.29. The van der Waals surface area contributed by atoms with E-state index in [1.807, 2.05) is 64.9 Å². The van der Waals surface area contributed by atoms with E-state index >= 15 is 0 Å². The normalized spacial score (nSPS) is 10.8. The van der Waals surface area contributed by atoms with Crippen molar-refractivity contribution < 1.29 is 4.79 Å². The number of carbonyl (C=O) groups excluding carboxylic acids is 1. The molecule has 0 spiro atoms. The molecule has 30 heavy (non-hydrogen) atoms. The van der Waals surface area contributed by atoms with Crippen LogP contribution in [0.3, 0.4) is 0 Å². The van der Waals surface area contributed by atoms with Crippen molar-refractivity contribution in [3.63, 3.8) is 0 Å². The first-order chi connectivity index (χ1) is 14.8. The molecule has 2 heterocycles. The molecule has 0 aliphatic rings. The average Bonchev–Trinajstić information content (AvgIpc) is 3.48. The molecule has 152 valence electrons. The number of tetrazole rings is 1. The Morgan fingerprint density at radius 2 is 1.77 bits per heavy atom. The molecule has 0 atom stereocenters. The molecule has 0 N–H and O–H groups in total. The second-order valence-electron chi connectivity index (χ2n) is 6.63. The molecule has 0 bridgehead atoms. The van der Waals surface area contributed by atoms with Crippen molar-refractivity contribution in [1.29, 1.82) is 0 Å². The molecule has 0 fully saturated rings. The topological polar surface area (TPSA) is 63.9 Å². The van der Waals surface area contributed by atoms with Gasteiger partial charge in [-0.1, -0.05) is 66.4 Å². The first kappa shape index (κ1) is 20.3. The van der Waals surface area contributed by atoms with Gasteiger partial charge in [0.15, 0.2) is 0 Å². The van der Waals surface area contributed by atoms with Gasteiger partial charge in [-0.3, -0.25) is 4.79 Å². The Morgan fingerprint density at radius 1 is 1.00 bits per heavy atom. The highest BCUT2D eigenvalue weighted by atomic mass is 32.2. The van der Waals surface area contributed by atoms with Crippen LogP contribution in [-0.2, 0) is 17.8 Å². The number of hydrogen-bond acceptors (Lipinski definition) is 6. The zero-order valence-corrected chi connectivity index (χ0v) is 17.9. The van der Waals surface area contributed by atoms with Gasteiger partial charge in [0, 0.05) is 11.4 Å². The van der Waals surface area contributed by atoms with Gasteiger partial charge in [-0.15, -0.1) is 16.4 Å². The molecular formula is C22H21N5OS2. The Bertz CT molecular complexity index is 1050. The van der Waals surface area contributed by atoms with Gasteiger partial charge in [0.2, 0.25) is 11.1 Å². The van der Waals surface area contributed by atoms with Crippen LogP contribution in [0.5, 0.6) is 0 Å². The van der Waals surface area contributed by atoms with Crippen LogP contribution in [0.4, 0.5) is 0 Å². The van der Waals surface area contributed by atoms with Crippen LogP contribution in [0.25, 0.3) is 5.69 Å². The standard InChI is InChI=1S/C22H21N5OS2/c28-21(17-30-22-23-24-25-27(22)19-10-5-2-6-11-19)26(16-20-12-7-15-29-20)14-13-18-8-3-1-4-9-18/h1-12,15H,13-14,16-17H2. The van der Waals surface area contributed by atoms with E-state index in [1.54, 1.807) is 16.0 Å². The first-order valence-corrected chi connectivity index (χ1v) is 11.5. The lowest BCUT2D eigenvalue weighted by atomic mass is 10.1. The van der Waals surface area contributed by atoms with E-state index in [-0.39, 0.29) is 11.7 Å². The van der Waals surface area contributed by atoms with Crippen molar-refractivity contribution in [2.24, 2.45) is 0 Å². The molecule has 0 aliphatic heterocycles. The minimum absolute atomic E-state index is 0.0759. The molecule has 4 aromatic rings. The van der Waals surface area contributed by atoms with Gasteiger partial charge in [0.05, 0.1) is 18.0 Å². The fourth-order valence-corrected chi connectivity index (χ4v) is 4.52. The number of hydrogen-bond donors (Lipinski definition) is 0. The summed E-state index contributed by atoms with van der Waals surface area (Å²) in [6.07, 6.45) is 0.824. The number of amides is 1. The van der Waals surface area contributed by atoms with Crippen molar-refractivity contribution in [3.8, 4) is 5.69 Å². The fourth-order valence-electron chi connectivity index (χ4n) is 3.01. The molecule has 0 unspecified atom stereocenters. The maximum absolute atomic E-state index is 13.1. The molecule has 2 aromatic heterocycles. The second kappa shape index (κ2) is 10.2. The van der Waals surface area contributed by atoms with E-state index in [0.29, 0.717) is 18.2 Å². The fraction of sp³-hybridized carbons (Fsp3) is 0.182. The highest BCUT2D eigenvalue weighted by molar-refractivity contribution is 7.99. The summed E-state index contributed by atoms with van der Waals surface area (Å²) in [7, 11) is 0. The van der Waals surface area contributed by atoms with Gasteiger partial charge < -0.3 is 4.90 Å². The molecule has 0 saturated carbocycles. The van der Waals surface area contributed by atoms with Gasteiger partial charge in [-0.2, -0.15) is 4.68 Å². The van der Waals surface area contributed by atoms with E-state index in [4.69, 9.17) is 0 Å². The van der Waals surface area contributed by atoms with Crippen LogP contribution in [0.2, 0.25) is 0 Å². The van der Waals surface area contributed by atoms with Crippen LogP contribution in [-0.4, -0.2) is 43.3 Å². The van der Waals surface area contributed by atoms with Crippen molar-refractivity contribution in [2.75, 3.05) is 12.3 Å². The van der Waals surface area contributed by atoms with Crippen LogP contribution in [0.15, 0.2) is 83.3 Å². The van der Waals surface area contributed by atoms with Crippen molar-refractivity contribution in [1.82, 2.24) is 25.1 Å². The van der Waals surface area contributed by atoms with Crippen LogP contribution < -0.4 is 0 Å². The third-order valence-corrected chi connectivity index (χ3v) is 6.32. The van der Waals surface area contributed by atoms with Crippen molar-refractivity contribution >= 4 is 29.0 Å². The quantitative estimate of drug-likeness (QED) is 0.371. The smallest absolute Gasteiger partial charge is 0.233 e. The average molecular weight is 436 g/mol. The molecule has 4 rings (SSSR count). The predicted molar refractivity (Wildman–Crippen MR) is 120 cm³/mol. The minimum atomic E-state index is 0.0759. The van der Waals surface area contributed by atoms with E-state index < -0.39 is 0 Å². The lowest BCUT2D eigenvalue weighted by Gasteiger charge is -2.22. The number of rotatable bonds is 9. The summed E-state index contributed by atoms with van der Waals surface area (Å²) in [4.78, 5) is 16.2. The summed E-state index contributed by atoms with van der Waals surface area (Å²) >= 11 is 3.03. The third kappa shape index (κ3) is 5.34. The van der Waals surface area contributed by atoms with Crippen molar-refractivity contribution in [3.05, 3.63) is 88.6 Å². The summed E-state index contributed by atoms with van der Waals surface area (Å²) < 4.78 is 1.66. The molecule has 2 aromatic carbocycles. The Kier molecular flexibility index (Phi) is 6.89. The summed E-state index contributed by atoms with van der Waals surface area (Å²) in [5.74, 6) is 0.361. The predicted octanol–water partition coefficient (Wildman–Crippen LogP) is 4.09. The van der Waals surface area contributed by atoms with Gasteiger partial charge in [0.25, 0.3) is 0 Å². The maximum Gasteiger partial charge on any atom is 0.233 e. The van der Waals surface area contributed by atoms with E-state index in [0.717, 1.165) is 12.1 Å². The number of carbonyl (C=O) groups is 1. The van der Waals surface area contributed by atoms with E-state index in [1.165, 1.54) is 22.2 Å². The highest BCUT2D eigenvalue weighted by Crippen LogP contribution is 2.20. The van der Waals surface area contributed by atoms with Gasteiger partial charge >= 0.3 is 0 Å². The van der Waals surface area contributed by atoms with Gasteiger partial charge in [-0.25, -0.2) is 0 Å². The Balaban J connectivity index is 1.42. The molecule has 6 nitrogen and oxygen atoms in total. The molecule has 1 amide bonds. The Labute approximate surface area is 183 Å². The molecule has 0 saturated heterocycles. The minimum Gasteiger partial charge on any atom is -0.336 e. The summed E-state index contributed by atoms with van der Waals surface area (Å²) in [5, 5.41) is 14.6. The number of thioether (sulfide) groups is 1. The lowest BCUT2D eigenvalue weighted by molar-refractivity contribution is -0.128.